The maximum Gasteiger partial charge on any atom is 0.320 e. The maximum absolute atomic E-state index is 10.8. The molecule has 0 aromatic heterocycles. The Labute approximate surface area is 85.6 Å². The molecule has 2 atom stereocenters. The number of carboxylic acid groups (broad SMARTS) is 1. The van der Waals surface area contributed by atoms with Gasteiger partial charge in [-0.2, -0.15) is 0 Å². The van der Waals surface area contributed by atoms with Crippen LogP contribution in [-0.4, -0.2) is 36.9 Å². The number of hydrogen-bond donors (Lipinski definition) is 2. The third kappa shape index (κ3) is 5.19. The van der Waals surface area contributed by atoms with E-state index in [0.29, 0.717) is 13.0 Å². The first kappa shape index (κ1) is 13.4. The van der Waals surface area contributed by atoms with Crippen LogP contribution in [0.15, 0.2) is 0 Å². The fraction of sp³-hybridized carbons (Fsp3) is 0.900. The molecule has 0 radical (unpaired) electrons. The quantitative estimate of drug-likeness (QED) is 0.623. The van der Waals surface area contributed by atoms with E-state index in [1.807, 2.05) is 6.92 Å². The third-order valence-electron chi connectivity index (χ3n) is 2.15. The van der Waals surface area contributed by atoms with Crippen molar-refractivity contribution in [2.75, 3.05) is 13.7 Å². The van der Waals surface area contributed by atoms with Crippen LogP contribution in [0.5, 0.6) is 0 Å². The zero-order valence-corrected chi connectivity index (χ0v) is 9.25. The minimum Gasteiger partial charge on any atom is -0.480 e. The second-order valence-electron chi connectivity index (χ2n) is 3.41. The van der Waals surface area contributed by atoms with E-state index in [-0.39, 0.29) is 6.04 Å². The van der Waals surface area contributed by atoms with E-state index in [0.717, 1.165) is 12.8 Å². The summed E-state index contributed by atoms with van der Waals surface area (Å²) >= 11 is 0. The van der Waals surface area contributed by atoms with Crippen LogP contribution in [0.1, 0.15) is 33.1 Å². The number of methoxy groups -OCH3 is 1. The summed E-state index contributed by atoms with van der Waals surface area (Å²) in [4.78, 5) is 10.8. The molecule has 0 heterocycles. The van der Waals surface area contributed by atoms with Gasteiger partial charge in [-0.05, 0) is 12.8 Å². The first-order valence-electron chi connectivity index (χ1n) is 5.13. The summed E-state index contributed by atoms with van der Waals surface area (Å²) in [5.41, 5.74) is 0. The highest BCUT2D eigenvalue weighted by atomic mass is 16.5. The molecule has 0 bridgehead atoms. The van der Waals surface area contributed by atoms with Crippen molar-refractivity contribution in [3.8, 4) is 0 Å². The molecule has 0 aliphatic heterocycles. The SMILES string of the molecule is CCCC(COC)NC(CC)C(=O)O. The van der Waals surface area contributed by atoms with Crippen LogP contribution in [-0.2, 0) is 9.53 Å². The van der Waals surface area contributed by atoms with E-state index in [2.05, 4.69) is 12.2 Å². The summed E-state index contributed by atoms with van der Waals surface area (Å²) in [6, 6.07) is -0.312. The van der Waals surface area contributed by atoms with Crippen LogP contribution in [0.3, 0.4) is 0 Å². The van der Waals surface area contributed by atoms with Crippen molar-refractivity contribution in [1.29, 1.82) is 0 Å². The Morgan fingerprint density at radius 2 is 2.14 bits per heavy atom. The predicted octanol–water partition coefficient (Wildman–Crippen LogP) is 1.25. The van der Waals surface area contributed by atoms with Crippen LogP contribution >= 0.6 is 0 Å². The number of hydrogen-bond acceptors (Lipinski definition) is 3. The van der Waals surface area contributed by atoms with Gasteiger partial charge in [0.25, 0.3) is 0 Å². The average molecular weight is 203 g/mol. The van der Waals surface area contributed by atoms with Crippen LogP contribution in [0, 0.1) is 0 Å². The number of carboxylic acids is 1. The topological polar surface area (TPSA) is 58.6 Å². The third-order valence-corrected chi connectivity index (χ3v) is 2.15. The molecule has 0 saturated carbocycles. The van der Waals surface area contributed by atoms with Gasteiger partial charge in [0.15, 0.2) is 0 Å². The molecule has 14 heavy (non-hydrogen) atoms. The molecule has 0 rings (SSSR count). The highest BCUT2D eigenvalue weighted by Gasteiger charge is 2.18. The molecule has 0 fully saturated rings. The number of rotatable bonds is 8. The lowest BCUT2D eigenvalue weighted by atomic mass is 10.1. The molecular formula is C10H21NO3. The van der Waals surface area contributed by atoms with Gasteiger partial charge in [0.2, 0.25) is 0 Å². The highest BCUT2D eigenvalue weighted by molar-refractivity contribution is 5.73. The van der Waals surface area contributed by atoms with E-state index in [1.165, 1.54) is 0 Å². The van der Waals surface area contributed by atoms with Gasteiger partial charge in [-0.25, -0.2) is 0 Å². The van der Waals surface area contributed by atoms with Crippen molar-refractivity contribution in [3.05, 3.63) is 0 Å². The highest BCUT2D eigenvalue weighted by Crippen LogP contribution is 2.01. The number of nitrogens with one attached hydrogen (secondary N) is 1. The minimum atomic E-state index is -0.787. The van der Waals surface area contributed by atoms with Gasteiger partial charge in [-0.1, -0.05) is 20.3 Å². The second kappa shape index (κ2) is 7.76. The molecule has 84 valence electrons. The summed E-state index contributed by atoms with van der Waals surface area (Å²) < 4.78 is 5.03. The van der Waals surface area contributed by atoms with Crippen molar-refractivity contribution in [1.82, 2.24) is 5.32 Å². The monoisotopic (exact) mass is 203 g/mol. The molecule has 0 spiro atoms. The standard InChI is InChI=1S/C10H21NO3/c1-4-6-8(7-14-3)11-9(5-2)10(12)13/h8-9,11H,4-7H2,1-3H3,(H,12,13). The number of aliphatic carboxylic acids is 1. The fourth-order valence-electron chi connectivity index (χ4n) is 1.41. The summed E-state index contributed by atoms with van der Waals surface area (Å²) in [5.74, 6) is -0.787. The molecule has 4 heteroatoms. The van der Waals surface area contributed by atoms with Crippen LogP contribution < -0.4 is 5.32 Å². The van der Waals surface area contributed by atoms with Crippen molar-refractivity contribution >= 4 is 5.97 Å². The lowest BCUT2D eigenvalue weighted by molar-refractivity contribution is -0.139. The second-order valence-corrected chi connectivity index (χ2v) is 3.41. The van der Waals surface area contributed by atoms with Gasteiger partial charge in [0.05, 0.1) is 6.61 Å². The van der Waals surface area contributed by atoms with Gasteiger partial charge in [0.1, 0.15) is 6.04 Å². The first-order valence-corrected chi connectivity index (χ1v) is 5.13. The molecule has 0 aromatic rings. The Morgan fingerprint density at radius 3 is 2.50 bits per heavy atom. The van der Waals surface area contributed by atoms with Crippen molar-refractivity contribution in [2.45, 2.75) is 45.2 Å². The summed E-state index contributed by atoms with van der Waals surface area (Å²) in [5, 5.41) is 11.9. The molecule has 2 N–H and O–H groups in total. The zero-order chi connectivity index (χ0) is 11.0. The average Bonchev–Trinajstić information content (AvgIpc) is 2.14. The first-order chi connectivity index (χ1) is 6.65. The smallest absolute Gasteiger partial charge is 0.320 e. The van der Waals surface area contributed by atoms with E-state index >= 15 is 0 Å². The van der Waals surface area contributed by atoms with Gasteiger partial charge in [-0.15, -0.1) is 0 Å². The van der Waals surface area contributed by atoms with Gasteiger partial charge in [-0.3, -0.25) is 10.1 Å². The zero-order valence-electron chi connectivity index (χ0n) is 9.25. The summed E-state index contributed by atoms with van der Waals surface area (Å²) in [6.07, 6.45) is 2.56. The molecule has 0 aromatic carbocycles. The van der Waals surface area contributed by atoms with Crippen LogP contribution in [0.4, 0.5) is 0 Å². The normalized spacial score (nSPS) is 15.1. The maximum atomic E-state index is 10.8. The molecule has 4 nitrogen and oxygen atoms in total. The van der Waals surface area contributed by atoms with Crippen LogP contribution in [0.25, 0.3) is 0 Å². The molecule has 0 aliphatic carbocycles. The summed E-state index contributed by atoms with van der Waals surface area (Å²) in [7, 11) is 1.63. The lowest BCUT2D eigenvalue weighted by Gasteiger charge is -2.21. The molecule has 0 amide bonds. The Morgan fingerprint density at radius 1 is 1.50 bits per heavy atom. The van der Waals surface area contributed by atoms with Crippen LogP contribution in [0.2, 0.25) is 0 Å². The van der Waals surface area contributed by atoms with E-state index in [4.69, 9.17) is 9.84 Å². The van der Waals surface area contributed by atoms with Gasteiger partial charge >= 0.3 is 5.97 Å². The molecule has 0 saturated heterocycles. The molecule has 0 aliphatic rings. The summed E-state index contributed by atoms with van der Waals surface area (Å²) in [6.45, 7) is 4.51. The predicted molar refractivity (Wildman–Crippen MR) is 55.4 cm³/mol. The van der Waals surface area contributed by atoms with E-state index in [1.54, 1.807) is 7.11 Å². The number of ether oxygens (including phenoxy) is 1. The molecule has 2 unspecified atom stereocenters. The van der Waals surface area contributed by atoms with E-state index < -0.39 is 12.0 Å². The van der Waals surface area contributed by atoms with E-state index in [9.17, 15) is 4.79 Å². The van der Waals surface area contributed by atoms with Crippen molar-refractivity contribution in [3.63, 3.8) is 0 Å². The van der Waals surface area contributed by atoms with Gasteiger partial charge in [0, 0.05) is 13.2 Å². The molecular weight excluding hydrogens is 182 g/mol. The van der Waals surface area contributed by atoms with Crippen molar-refractivity contribution < 1.29 is 14.6 Å². The minimum absolute atomic E-state index is 0.144. The Balaban J connectivity index is 4.03. The Hall–Kier alpha value is -0.610. The van der Waals surface area contributed by atoms with Crippen molar-refractivity contribution in [2.24, 2.45) is 0 Å². The Kier molecular flexibility index (Phi) is 7.42. The Bertz CT molecular complexity index is 155. The van der Waals surface area contributed by atoms with Gasteiger partial charge < -0.3 is 9.84 Å². The number of carbonyl (C=O) groups is 1. The fourth-order valence-corrected chi connectivity index (χ4v) is 1.41. The largest absolute Gasteiger partial charge is 0.480 e. The lowest BCUT2D eigenvalue weighted by Crippen LogP contribution is -2.44.